The van der Waals surface area contributed by atoms with Crippen LogP contribution in [0.3, 0.4) is 0 Å². The van der Waals surface area contributed by atoms with Gasteiger partial charge in [0.05, 0.1) is 18.7 Å². The van der Waals surface area contributed by atoms with Gasteiger partial charge >= 0.3 is 18.1 Å². The van der Waals surface area contributed by atoms with Gasteiger partial charge < -0.3 is 9.84 Å². The maximum absolute atomic E-state index is 13.8. The lowest BCUT2D eigenvalue weighted by atomic mass is 9.89. The van der Waals surface area contributed by atoms with E-state index >= 15 is 0 Å². The maximum Gasteiger partial charge on any atom is 0.453 e. The van der Waals surface area contributed by atoms with E-state index in [1.165, 1.54) is 13.8 Å². The number of ether oxygens (including phenoxy) is 1. The molecule has 178 valence electrons. The smallest absolute Gasteiger partial charge is 0.453 e. The Morgan fingerprint density at radius 1 is 1.18 bits per heavy atom. The number of hydrogen-bond acceptors (Lipinski definition) is 8. The minimum Gasteiger partial charge on any atom is -0.492 e. The SMILES string of the molecule is COC(=O)C(C)(C)c1nnc(-c2nn(CCC(F)(F)C(F)(F)F)c3ncc(F)cc23)nc1O. The second kappa shape index (κ2) is 8.12. The molecule has 0 atom stereocenters. The number of carbonyl (C=O) groups excluding carboxylic acids is 1. The molecule has 1 N–H and O–H groups in total. The van der Waals surface area contributed by atoms with Crippen molar-refractivity contribution in [2.75, 3.05) is 7.11 Å². The van der Waals surface area contributed by atoms with Crippen LogP contribution in [0.2, 0.25) is 0 Å². The van der Waals surface area contributed by atoms with E-state index < -0.39 is 54.0 Å². The molecular weight excluding hydrogens is 462 g/mol. The first-order chi connectivity index (χ1) is 15.2. The Hall–Kier alpha value is -3.52. The summed E-state index contributed by atoms with van der Waals surface area (Å²) in [6.07, 6.45) is -6.69. The lowest BCUT2D eigenvalue weighted by molar-refractivity contribution is -0.285. The van der Waals surface area contributed by atoms with Gasteiger partial charge in [0.1, 0.15) is 22.6 Å². The minimum atomic E-state index is -5.76. The summed E-state index contributed by atoms with van der Waals surface area (Å²) in [5, 5.41) is 21.6. The largest absolute Gasteiger partial charge is 0.492 e. The zero-order chi connectivity index (χ0) is 24.8. The Labute approximate surface area is 181 Å². The number of aromatic hydroxyl groups is 1. The molecule has 0 saturated carbocycles. The summed E-state index contributed by atoms with van der Waals surface area (Å²) in [6, 6.07) is 0.899. The number of aryl methyl sites for hydroxylation is 1. The number of carbonyl (C=O) groups is 1. The quantitative estimate of drug-likeness (QED) is 0.424. The zero-order valence-corrected chi connectivity index (χ0v) is 17.3. The molecule has 9 nitrogen and oxygen atoms in total. The fourth-order valence-electron chi connectivity index (χ4n) is 2.92. The third-order valence-electron chi connectivity index (χ3n) is 4.77. The predicted molar refractivity (Wildman–Crippen MR) is 98.6 cm³/mol. The first kappa shape index (κ1) is 24.1. The van der Waals surface area contributed by atoms with Crippen molar-refractivity contribution in [3.63, 3.8) is 0 Å². The number of alkyl halides is 5. The van der Waals surface area contributed by atoms with Crippen LogP contribution in [-0.4, -0.2) is 60.2 Å². The Kier molecular flexibility index (Phi) is 5.93. The first-order valence-electron chi connectivity index (χ1n) is 9.18. The zero-order valence-electron chi connectivity index (χ0n) is 17.3. The molecule has 0 unspecified atom stereocenters. The molecule has 0 bridgehead atoms. The van der Waals surface area contributed by atoms with Gasteiger partial charge in [-0.25, -0.2) is 14.1 Å². The third kappa shape index (κ3) is 4.39. The van der Waals surface area contributed by atoms with Crippen molar-refractivity contribution >= 4 is 17.0 Å². The summed E-state index contributed by atoms with van der Waals surface area (Å²) in [6.45, 7) is 1.84. The predicted octanol–water partition coefficient (Wildman–Crippen LogP) is 3.17. The fourth-order valence-corrected chi connectivity index (χ4v) is 2.92. The summed E-state index contributed by atoms with van der Waals surface area (Å²) in [7, 11) is 1.12. The van der Waals surface area contributed by atoms with Crippen LogP contribution in [0.1, 0.15) is 26.0 Å². The Bertz CT molecular complexity index is 1210. The standard InChI is InChI=1S/C18H16F6N6O3/c1-16(2,15(32)33-3)11-14(31)26-12(28-27-11)10-9-6-8(19)7-25-13(9)30(29-10)5-4-17(20,21)18(22,23)24/h6-7H,4-5H2,1-3H3,(H,26,28,31). The average molecular weight is 478 g/mol. The third-order valence-corrected chi connectivity index (χ3v) is 4.77. The minimum absolute atomic E-state index is 0.119. The van der Waals surface area contributed by atoms with E-state index in [0.29, 0.717) is 0 Å². The summed E-state index contributed by atoms with van der Waals surface area (Å²) in [5.41, 5.74) is -2.20. The molecule has 0 radical (unpaired) electrons. The van der Waals surface area contributed by atoms with Crippen LogP contribution >= 0.6 is 0 Å². The molecule has 3 aromatic heterocycles. The molecule has 0 aliphatic rings. The van der Waals surface area contributed by atoms with Gasteiger partial charge in [-0.3, -0.25) is 4.79 Å². The lowest BCUT2D eigenvalue weighted by Crippen LogP contribution is -2.37. The van der Waals surface area contributed by atoms with E-state index in [1.807, 2.05) is 0 Å². The molecule has 0 aliphatic carbocycles. The Balaban J connectivity index is 2.06. The highest BCUT2D eigenvalue weighted by Crippen LogP contribution is 2.39. The number of esters is 1. The molecular formula is C18H16F6N6O3. The number of methoxy groups -OCH3 is 1. The van der Waals surface area contributed by atoms with Crippen molar-refractivity contribution in [1.82, 2.24) is 29.9 Å². The monoisotopic (exact) mass is 478 g/mol. The van der Waals surface area contributed by atoms with Crippen molar-refractivity contribution in [2.24, 2.45) is 0 Å². The summed E-state index contributed by atoms with van der Waals surface area (Å²) in [5.74, 6) is -7.76. The van der Waals surface area contributed by atoms with Crippen LogP contribution in [0, 0.1) is 5.82 Å². The van der Waals surface area contributed by atoms with Crippen LogP contribution in [-0.2, 0) is 21.5 Å². The molecule has 0 amide bonds. The number of nitrogens with zero attached hydrogens (tertiary/aromatic N) is 6. The Morgan fingerprint density at radius 3 is 2.42 bits per heavy atom. The van der Waals surface area contributed by atoms with Gasteiger partial charge in [-0.05, 0) is 19.9 Å². The molecule has 0 fully saturated rings. The van der Waals surface area contributed by atoms with Crippen molar-refractivity contribution in [1.29, 1.82) is 0 Å². The summed E-state index contributed by atoms with van der Waals surface area (Å²) >= 11 is 0. The van der Waals surface area contributed by atoms with Crippen molar-refractivity contribution in [3.05, 3.63) is 23.8 Å². The van der Waals surface area contributed by atoms with Gasteiger partial charge in [-0.15, -0.1) is 10.2 Å². The van der Waals surface area contributed by atoms with E-state index in [-0.39, 0.29) is 22.4 Å². The number of halogens is 6. The number of aromatic nitrogens is 6. The van der Waals surface area contributed by atoms with E-state index in [0.717, 1.165) is 24.1 Å². The molecule has 0 aliphatic heterocycles. The van der Waals surface area contributed by atoms with Crippen LogP contribution in [0.4, 0.5) is 26.3 Å². The van der Waals surface area contributed by atoms with Crippen molar-refractivity contribution in [2.45, 2.75) is 44.3 Å². The van der Waals surface area contributed by atoms with E-state index in [2.05, 4.69) is 30.0 Å². The molecule has 0 saturated heterocycles. The van der Waals surface area contributed by atoms with Gasteiger partial charge in [0.2, 0.25) is 11.7 Å². The lowest BCUT2D eigenvalue weighted by Gasteiger charge is -2.20. The Morgan fingerprint density at radius 2 is 1.85 bits per heavy atom. The number of rotatable bonds is 6. The van der Waals surface area contributed by atoms with Gasteiger partial charge in [-0.1, -0.05) is 0 Å². The number of fused-ring (bicyclic) bond motifs is 1. The number of hydrogen-bond donors (Lipinski definition) is 1. The highest BCUT2D eigenvalue weighted by Gasteiger charge is 2.56. The second-order valence-corrected chi connectivity index (χ2v) is 7.47. The van der Waals surface area contributed by atoms with Gasteiger partial charge in [0.25, 0.3) is 0 Å². The molecule has 33 heavy (non-hydrogen) atoms. The highest BCUT2D eigenvalue weighted by molar-refractivity contribution is 5.89. The maximum atomic E-state index is 13.8. The van der Waals surface area contributed by atoms with Crippen molar-refractivity contribution in [3.8, 4) is 17.4 Å². The van der Waals surface area contributed by atoms with Crippen LogP contribution in [0.15, 0.2) is 12.3 Å². The summed E-state index contributed by atoms with van der Waals surface area (Å²) < 4.78 is 83.4. The molecule has 15 heteroatoms. The molecule has 3 aromatic rings. The highest BCUT2D eigenvalue weighted by atomic mass is 19.4. The fraction of sp³-hybridized carbons (Fsp3) is 0.444. The molecule has 3 heterocycles. The number of pyridine rings is 1. The van der Waals surface area contributed by atoms with Crippen LogP contribution in [0.5, 0.6) is 5.88 Å². The van der Waals surface area contributed by atoms with E-state index in [9.17, 15) is 36.2 Å². The molecule has 0 spiro atoms. The molecule has 0 aromatic carbocycles. The van der Waals surface area contributed by atoms with E-state index in [4.69, 9.17) is 0 Å². The van der Waals surface area contributed by atoms with Gasteiger partial charge in [0, 0.05) is 13.0 Å². The summed E-state index contributed by atoms with van der Waals surface area (Å²) in [4.78, 5) is 19.4. The second-order valence-electron chi connectivity index (χ2n) is 7.47. The average Bonchev–Trinajstić information content (AvgIpc) is 3.08. The van der Waals surface area contributed by atoms with Crippen LogP contribution < -0.4 is 0 Å². The van der Waals surface area contributed by atoms with Gasteiger partial charge in [0.15, 0.2) is 5.65 Å². The van der Waals surface area contributed by atoms with Crippen LogP contribution in [0.25, 0.3) is 22.6 Å². The normalized spacial score (nSPS) is 12.9. The first-order valence-corrected chi connectivity index (χ1v) is 9.18. The van der Waals surface area contributed by atoms with Gasteiger partial charge in [-0.2, -0.15) is 32.0 Å². The van der Waals surface area contributed by atoms with Crippen molar-refractivity contribution < 1.29 is 41.0 Å². The van der Waals surface area contributed by atoms with E-state index in [1.54, 1.807) is 0 Å². The topological polar surface area (TPSA) is 116 Å². The molecule has 3 rings (SSSR count).